The molecule has 0 aliphatic carbocycles. The van der Waals surface area contributed by atoms with E-state index < -0.39 is 5.82 Å². The Morgan fingerprint density at radius 1 is 1.50 bits per heavy atom. The van der Waals surface area contributed by atoms with Crippen molar-refractivity contribution in [3.63, 3.8) is 0 Å². The van der Waals surface area contributed by atoms with Crippen molar-refractivity contribution in [1.29, 1.82) is 0 Å². The second-order valence-electron chi connectivity index (χ2n) is 3.37. The number of hydrogen-bond donors (Lipinski definition) is 1. The number of nitrogens with two attached hydrogens (primary N) is 1. The molecule has 0 spiro atoms. The number of nitrogens with zero attached hydrogens (tertiary/aromatic N) is 2. The SMILES string of the molecule is CC(N)c1noc(-c2ccc(Br)cc2F)n1. The number of hydrogen-bond acceptors (Lipinski definition) is 4. The second-order valence-corrected chi connectivity index (χ2v) is 4.29. The quantitative estimate of drug-likeness (QED) is 0.921. The largest absolute Gasteiger partial charge is 0.334 e. The third-order valence-corrected chi connectivity index (χ3v) is 2.50. The van der Waals surface area contributed by atoms with Crippen molar-refractivity contribution in [2.24, 2.45) is 5.73 Å². The molecule has 1 aromatic carbocycles. The molecule has 0 aliphatic heterocycles. The van der Waals surface area contributed by atoms with Crippen LogP contribution in [0, 0.1) is 5.82 Å². The van der Waals surface area contributed by atoms with E-state index in [-0.39, 0.29) is 17.5 Å². The average molecular weight is 286 g/mol. The van der Waals surface area contributed by atoms with E-state index in [4.69, 9.17) is 10.3 Å². The van der Waals surface area contributed by atoms with Gasteiger partial charge in [0.1, 0.15) is 5.82 Å². The van der Waals surface area contributed by atoms with Crippen LogP contribution < -0.4 is 5.73 Å². The molecule has 1 heterocycles. The molecule has 2 N–H and O–H groups in total. The molecule has 0 saturated carbocycles. The van der Waals surface area contributed by atoms with E-state index in [1.807, 2.05) is 0 Å². The molecule has 1 atom stereocenters. The van der Waals surface area contributed by atoms with E-state index in [1.165, 1.54) is 6.07 Å². The lowest BCUT2D eigenvalue weighted by molar-refractivity contribution is 0.416. The molecule has 4 nitrogen and oxygen atoms in total. The number of rotatable bonds is 2. The molecule has 2 rings (SSSR count). The second kappa shape index (κ2) is 4.31. The van der Waals surface area contributed by atoms with Crippen molar-refractivity contribution in [3.05, 3.63) is 34.3 Å². The molecule has 2 aromatic rings. The standard InChI is InChI=1S/C10H9BrFN3O/c1-5(13)9-14-10(16-15-9)7-3-2-6(11)4-8(7)12/h2-5H,13H2,1H3. The lowest BCUT2D eigenvalue weighted by atomic mass is 10.2. The highest BCUT2D eigenvalue weighted by molar-refractivity contribution is 9.10. The summed E-state index contributed by atoms with van der Waals surface area (Å²) in [6.07, 6.45) is 0. The number of halogens is 2. The van der Waals surface area contributed by atoms with Gasteiger partial charge in [0.15, 0.2) is 5.82 Å². The van der Waals surface area contributed by atoms with Gasteiger partial charge in [-0.25, -0.2) is 4.39 Å². The van der Waals surface area contributed by atoms with E-state index in [0.717, 1.165) is 0 Å². The van der Waals surface area contributed by atoms with Gasteiger partial charge >= 0.3 is 0 Å². The van der Waals surface area contributed by atoms with Gasteiger partial charge in [-0.3, -0.25) is 0 Å². The monoisotopic (exact) mass is 285 g/mol. The number of benzene rings is 1. The van der Waals surface area contributed by atoms with E-state index in [2.05, 4.69) is 26.1 Å². The van der Waals surface area contributed by atoms with Crippen LogP contribution in [0.2, 0.25) is 0 Å². The summed E-state index contributed by atoms with van der Waals surface area (Å²) in [5.74, 6) is 0.0730. The summed E-state index contributed by atoms with van der Waals surface area (Å²) in [5.41, 5.74) is 5.85. The van der Waals surface area contributed by atoms with Crippen molar-refractivity contribution in [2.45, 2.75) is 13.0 Å². The molecule has 0 radical (unpaired) electrons. The highest BCUT2D eigenvalue weighted by atomic mass is 79.9. The predicted octanol–water partition coefficient (Wildman–Crippen LogP) is 2.66. The van der Waals surface area contributed by atoms with Crippen LogP contribution in [-0.4, -0.2) is 10.1 Å². The van der Waals surface area contributed by atoms with Crippen LogP contribution in [0.1, 0.15) is 18.8 Å². The Hall–Kier alpha value is -1.27. The van der Waals surface area contributed by atoms with Crippen molar-refractivity contribution >= 4 is 15.9 Å². The van der Waals surface area contributed by atoms with Crippen LogP contribution in [-0.2, 0) is 0 Å². The summed E-state index contributed by atoms with van der Waals surface area (Å²) in [5, 5.41) is 3.67. The van der Waals surface area contributed by atoms with Gasteiger partial charge in [-0.05, 0) is 25.1 Å². The van der Waals surface area contributed by atoms with Crippen LogP contribution in [0.4, 0.5) is 4.39 Å². The van der Waals surface area contributed by atoms with Gasteiger partial charge in [-0.15, -0.1) is 0 Å². The highest BCUT2D eigenvalue weighted by Crippen LogP contribution is 2.24. The Labute approximate surface area is 99.8 Å². The highest BCUT2D eigenvalue weighted by Gasteiger charge is 2.15. The molecule has 0 saturated heterocycles. The summed E-state index contributed by atoms with van der Waals surface area (Å²) >= 11 is 3.17. The molecule has 1 unspecified atom stereocenters. The van der Waals surface area contributed by atoms with Crippen molar-refractivity contribution in [1.82, 2.24) is 10.1 Å². The zero-order valence-electron chi connectivity index (χ0n) is 8.45. The first-order valence-corrected chi connectivity index (χ1v) is 5.42. The van der Waals surface area contributed by atoms with Gasteiger partial charge in [-0.1, -0.05) is 21.1 Å². The topological polar surface area (TPSA) is 64.9 Å². The van der Waals surface area contributed by atoms with Crippen LogP contribution in [0.15, 0.2) is 27.2 Å². The Bertz CT molecular complexity index is 513. The Kier molecular flexibility index (Phi) is 3.02. The van der Waals surface area contributed by atoms with Gasteiger partial charge in [0.05, 0.1) is 11.6 Å². The summed E-state index contributed by atoms with van der Waals surface area (Å²) in [6.45, 7) is 1.73. The van der Waals surface area contributed by atoms with Crippen LogP contribution >= 0.6 is 15.9 Å². The molecule has 1 aromatic heterocycles. The van der Waals surface area contributed by atoms with Crippen LogP contribution in [0.3, 0.4) is 0 Å². The van der Waals surface area contributed by atoms with E-state index >= 15 is 0 Å². The lowest BCUT2D eigenvalue weighted by Gasteiger charge is -1.97. The molecule has 0 fully saturated rings. The van der Waals surface area contributed by atoms with Crippen molar-refractivity contribution < 1.29 is 8.91 Å². The fourth-order valence-electron chi connectivity index (χ4n) is 1.19. The minimum absolute atomic E-state index is 0.136. The van der Waals surface area contributed by atoms with Crippen molar-refractivity contribution in [2.75, 3.05) is 0 Å². The summed E-state index contributed by atoms with van der Waals surface area (Å²) < 4.78 is 19.1. The van der Waals surface area contributed by atoms with Gasteiger partial charge in [0.2, 0.25) is 0 Å². The summed E-state index contributed by atoms with van der Waals surface area (Å²) in [4.78, 5) is 4.01. The molecule has 0 bridgehead atoms. The van der Waals surface area contributed by atoms with Gasteiger partial charge in [0, 0.05) is 4.47 Å². The zero-order chi connectivity index (χ0) is 11.7. The van der Waals surface area contributed by atoms with Gasteiger partial charge in [-0.2, -0.15) is 4.98 Å². The summed E-state index contributed by atoms with van der Waals surface area (Å²) in [7, 11) is 0. The van der Waals surface area contributed by atoms with Crippen LogP contribution in [0.25, 0.3) is 11.5 Å². The minimum atomic E-state index is -0.422. The number of aromatic nitrogens is 2. The van der Waals surface area contributed by atoms with Crippen LogP contribution in [0.5, 0.6) is 0 Å². The molecule has 84 valence electrons. The lowest BCUT2D eigenvalue weighted by Crippen LogP contribution is -2.06. The maximum Gasteiger partial charge on any atom is 0.260 e. The smallest absolute Gasteiger partial charge is 0.260 e. The fraction of sp³-hybridized carbons (Fsp3) is 0.200. The molecule has 6 heteroatoms. The third-order valence-electron chi connectivity index (χ3n) is 2.01. The van der Waals surface area contributed by atoms with E-state index in [1.54, 1.807) is 19.1 Å². The van der Waals surface area contributed by atoms with Gasteiger partial charge in [0.25, 0.3) is 5.89 Å². The fourth-order valence-corrected chi connectivity index (χ4v) is 1.53. The normalized spacial score (nSPS) is 12.8. The molecular formula is C10H9BrFN3O. The van der Waals surface area contributed by atoms with Gasteiger partial charge < -0.3 is 10.3 Å². The van der Waals surface area contributed by atoms with E-state index in [9.17, 15) is 4.39 Å². The first-order valence-electron chi connectivity index (χ1n) is 4.62. The maximum atomic E-state index is 13.6. The predicted molar refractivity (Wildman–Crippen MR) is 60.0 cm³/mol. The summed E-state index contributed by atoms with van der Waals surface area (Å²) in [6, 6.07) is 4.27. The maximum absolute atomic E-state index is 13.6. The first-order chi connectivity index (χ1) is 7.58. The Morgan fingerprint density at radius 3 is 2.81 bits per heavy atom. The Morgan fingerprint density at radius 2 is 2.25 bits per heavy atom. The molecule has 16 heavy (non-hydrogen) atoms. The first kappa shape index (κ1) is 11.2. The van der Waals surface area contributed by atoms with E-state index in [0.29, 0.717) is 10.3 Å². The minimum Gasteiger partial charge on any atom is -0.334 e. The molecule has 0 aliphatic rings. The molecule has 0 amide bonds. The average Bonchev–Trinajstić information content (AvgIpc) is 2.66. The zero-order valence-corrected chi connectivity index (χ0v) is 10.0. The van der Waals surface area contributed by atoms with Crippen molar-refractivity contribution in [3.8, 4) is 11.5 Å². The molecular weight excluding hydrogens is 277 g/mol. The Balaban J connectivity index is 2.42. The third kappa shape index (κ3) is 2.12.